The summed E-state index contributed by atoms with van der Waals surface area (Å²) in [7, 11) is 0. The third-order valence-corrected chi connectivity index (χ3v) is 4.17. The largest absolute Gasteiger partial charge is 0.236 e. The molecule has 0 fully saturated rings. The smallest absolute Gasteiger partial charge is 0.124 e. The van der Waals surface area contributed by atoms with Crippen molar-refractivity contribution in [1.29, 1.82) is 5.26 Å². The molecule has 1 heterocycles. The zero-order valence-corrected chi connectivity index (χ0v) is 11.6. The van der Waals surface area contributed by atoms with Gasteiger partial charge >= 0.3 is 0 Å². The first-order valence-corrected chi connectivity index (χ1v) is 6.94. The molecule has 2 nitrogen and oxygen atoms in total. The lowest BCUT2D eigenvalue weighted by atomic mass is 10.2. The number of thiazole rings is 1. The van der Waals surface area contributed by atoms with Crippen molar-refractivity contribution in [2.24, 2.45) is 0 Å². The molecule has 0 radical (unpaired) electrons. The number of rotatable bonds is 1. The van der Waals surface area contributed by atoms with E-state index in [1.807, 2.05) is 42.5 Å². The first-order valence-electron chi connectivity index (χ1n) is 5.33. The summed E-state index contributed by atoms with van der Waals surface area (Å²) >= 11 is 5.10. The lowest BCUT2D eigenvalue weighted by molar-refractivity contribution is 1.45. The van der Waals surface area contributed by atoms with Gasteiger partial charge in [0.1, 0.15) is 5.01 Å². The molecule has 1 aromatic heterocycles. The molecule has 2 aromatic carbocycles. The van der Waals surface area contributed by atoms with Crippen LogP contribution in [0.2, 0.25) is 0 Å². The molecule has 0 aliphatic heterocycles. The monoisotopic (exact) mass is 314 g/mol. The fraction of sp³-hybridized carbons (Fsp3) is 0. The summed E-state index contributed by atoms with van der Waals surface area (Å²) in [6.45, 7) is 0. The Morgan fingerprint density at radius 1 is 1.17 bits per heavy atom. The zero-order valence-electron chi connectivity index (χ0n) is 9.22. The standard InChI is InChI=1S/C14H7BrN2S/c15-11-3-1-2-10(7-11)14-17-12-6-9(8-16)4-5-13(12)18-14/h1-7H. The van der Waals surface area contributed by atoms with Crippen molar-refractivity contribution in [3.63, 3.8) is 0 Å². The fourth-order valence-corrected chi connectivity index (χ4v) is 3.08. The van der Waals surface area contributed by atoms with E-state index in [1.54, 1.807) is 11.3 Å². The molecule has 18 heavy (non-hydrogen) atoms. The molecule has 0 spiro atoms. The summed E-state index contributed by atoms with van der Waals surface area (Å²) in [4.78, 5) is 4.58. The van der Waals surface area contributed by atoms with Gasteiger partial charge in [-0.2, -0.15) is 5.26 Å². The maximum Gasteiger partial charge on any atom is 0.124 e. The number of benzene rings is 2. The molecular formula is C14H7BrN2S. The van der Waals surface area contributed by atoms with Crippen LogP contribution in [0, 0.1) is 11.3 Å². The molecule has 0 atom stereocenters. The average Bonchev–Trinajstić information content (AvgIpc) is 2.81. The van der Waals surface area contributed by atoms with Gasteiger partial charge in [0.15, 0.2) is 0 Å². The van der Waals surface area contributed by atoms with Crippen LogP contribution < -0.4 is 0 Å². The highest BCUT2D eigenvalue weighted by Crippen LogP contribution is 2.31. The highest BCUT2D eigenvalue weighted by molar-refractivity contribution is 9.10. The number of hydrogen-bond donors (Lipinski definition) is 0. The highest BCUT2D eigenvalue weighted by Gasteiger charge is 2.07. The van der Waals surface area contributed by atoms with E-state index in [0.29, 0.717) is 5.56 Å². The number of halogens is 1. The Bertz CT molecular complexity index is 771. The van der Waals surface area contributed by atoms with Crippen LogP contribution in [0.25, 0.3) is 20.8 Å². The van der Waals surface area contributed by atoms with Crippen LogP contribution >= 0.6 is 27.3 Å². The molecular weight excluding hydrogens is 308 g/mol. The SMILES string of the molecule is N#Cc1ccc2sc(-c3cccc(Br)c3)nc2c1. The van der Waals surface area contributed by atoms with Gasteiger partial charge in [-0.1, -0.05) is 28.1 Å². The van der Waals surface area contributed by atoms with Crippen molar-refractivity contribution < 1.29 is 0 Å². The Kier molecular flexibility index (Phi) is 2.86. The summed E-state index contributed by atoms with van der Waals surface area (Å²) < 4.78 is 2.14. The number of nitriles is 1. The predicted molar refractivity (Wildman–Crippen MR) is 77.5 cm³/mol. The van der Waals surface area contributed by atoms with E-state index < -0.39 is 0 Å². The quantitative estimate of drug-likeness (QED) is 0.658. The Morgan fingerprint density at radius 3 is 2.83 bits per heavy atom. The summed E-state index contributed by atoms with van der Waals surface area (Å²) in [5.41, 5.74) is 2.62. The van der Waals surface area contributed by atoms with E-state index in [-0.39, 0.29) is 0 Å². The minimum absolute atomic E-state index is 0.647. The number of nitrogens with zero attached hydrogens (tertiary/aromatic N) is 2. The lowest BCUT2D eigenvalue weighted by Gasteiger charge is -1.95. The summed E-state index contributed by atoms with van der Waals surface area (Å²) in [6.07, 6.45) is 0. The Morgan fingerprint density at radius 2 is 2.06 bits per heavy atom. The van der Waals surface area contributed by atoms with Crippen LogP contribution in [-0.4, -0.2) is 4.98 Å². The number of fused-ring (bicyclic) bond motifs is 1. The van der Waals surface area contributed by atoms with Gasteiger partial charge in [-0.25, -0.2) is 4.98 Å². The molecule has 86 valence electrons. The van der Waals surface area contributed by atoms with Gasteiger partial charge < -0.3 is 0 Å². The third kappa shape index (κ3) is 2.03. The molecule has 3 aromatic rings. The molecule has 0 aliphatic carbocycles. The van der Waals surface area contributed by atoms with E-state index in [2.05, 4.69) is 27.0 Å². The molecule has 0 aliphatic rings. The predicted octanol–water partition coefficient (Wildman–Crippen LogP) is 4.60. The van der Waals surface area contributed by atoms with E-state index in [4.69, 9.17) is 5.26 Å². The van der Waals surface area contributed by atoms with Crippen molar-refractivity contribution in [2.75, 3.05) is 0 Å². The van der Waals surface area contributed by atoms with Crippen LogP contribution in [-0.2, 0) is 0 Å². The molecule has 0 bridgehead atoms. The third-order valence-electron chi connectivity index (χ3n) is 2.59. The lowest BCUT2D eigenvalue weighted by Crippen LogP contribution is -1.76. The number of hydrogen-bond acceptors (Lipinski definition) is 3. The van der Waals surface area contributed by atoms with Crippen LogP contribution in [0.5, 0.6) is 0 Å². The van der Waals surface area contributed by atoms with E-state index >= 15 is 0 Å². The molecule has 0 N–H and O–H groups in total. The normalized spacial score (nSPS) is 10.4. The van der Waals surface area contributed by atoms with E-state index in [0.717, 1.165) is 25.3 Å². The molecule has 0 amide bonds. The molecule has 3 rings (SSSR count). The first-order chi connectivity index (χ1) is 8.76. The average molecular weight is 315 g/mol. The summed E-state index contributed by atoms with van der Waals surface area (Å²) in [6, 6.07) is 15.8. The minimum Gasteiger partial charge on any atom is -0.236 e. The number of aromatic nitrogens is 1. The Balaban J connectivity index is 2.17. The van der Waals surface area contributed by atoms with Crippen molar-refractivity contribution in [1.82, 2.24) is 4.98 Å². The van der Waals surface area contributed by atoms with E-state index in [1.165, 1.54) is 0 Å². The first kappa shape index (κ1) is 11.4. The van der Waals surface area contributed by atoms with E-state index in [9.17, 15) is 0 Å². The van der Waals surface area contributed by atoms with Gasteiger partial charge in [0.2, 0.25) is 0 Å². The van der Waals surface area contributed by atoms with Gasteiger partial charge in [0.25, 0.3) is 0 Å². The zero-order chi connectivity index (χ0) is 12.5. The minimum atomic E-state index is 0.647. The Hall–Kier alpha value is -1.70. The topological polar surface area (TPSA) is 36.7 Å². The highest BCUT2D eigenvalue weighted by atomic mass is 79.9. The van der Waals surface area contributed by atoms with Crippen molar-refractivity contribution >= 4 is 37.5 Å². The van der Waals surface area contributed by atoms with Crippen LogP contribution in [0.3, 0.4) is 0 Å². The van der Waals surface area contributed by atoms with Gasteiger partial charge in [0, 0.05) is 10.0 Å². The second-order valence-electron chi connectivity index (χ2n) is 3.82. The van der Waals surface area contributed by atoms with Crippen LogP contribution in [0.1, 0.15) is 5.56 Å². The summed E-state index contributed by atoms with van der Waals surface area (Å²) in [5.74, 6) is 0. The molecule has 4 heteroatoms. The van der Waals surface area contributed by atoms with Gasteiger partial charge in [-0.15, -0.1) is 11.3 Å². The van der Waals surface area contributed by atoms with Crippen molar-refractivity contribution in [3.05, 3.63) is 52.5 Å². The maximum absolute atomic E-state index is 8.88. The molecule has 0 unspecified atom stereocenters. The van der Waals surface area contributed by atoms with Crippen molar-refractivity contribution in [3.8, 4) is 16.6 Å². The van der Waals surface area contributed by atoms with Crippen LogP contribution in [0.4, 0.5) is 0 Å². The summed E-state index contributed by atoms with van der Waals surface area (Å²) in [5, 5.41) is 9.85. The van der Waals surface area contributed by atoms with Crippen molar-refractivity contribution in [2.45, 2.75) is 0 Å². The van der Waals surface area contributed by atoms with Gasteiger partial charge in [0.05, 0.1) is 21.8 Å². The Labute approximate surface area is 117 Å². The molecule has 0 saturated heterocycles. The second-order valence-corrected chi connectivity index (χ2v) is 5.77. The van der Waals surface area contributed by atoms with Crippen LogP contribution in [0.15, 0.2) is 46.9 Å². The fourth-order valence-electron chi connectivity index (χ4n) is 1.74. The second kappa shape index (κ2) is 4.52. The maximum atomic E-state index is 8.88. The molecule has 0 saturated carbocycles. The van der Waals surface area contributed by atoms with Gasteiger partial charge in [-0.3, -0.25) is 0 Å². The van der Waals surface area contributed by atoms with Gasteiger partial charge in [-0.05, 0) is 30.3 Å².